The molecule has 2 nitrogen and oxygen atoms in total. The Morgan fingerprint density at radius 1 is 1.39 bits per heavy atom. The first-order valence-corrected chi connectivity index (χ1v) is 6.69. The normalized spacial score (nSPS) is 18.7. The molecule has 0 aliphatic heterocycles. The van der Waals surface area contributed by atoms with E-state index in [-0.39, 0.29) is 11.8 Å². The molecule has 0 spiro atoms. The van der Waals surface area contributed by atoms with Gasteiger partial charge in [-0.1, -0.05) is 42.0 Å². The van der Waals surface area contributed by atoms with E-state index in [4.69, 9.17) is 11.6 Å². The molecule has 1 aliphatic carbocycles. The molecule has 0 saturated carbocycles. The third kappa shape index (κ3) is 3.14. The number of hydrogen-bond donors (Lipinski definition) is 0. The molecule has 3 heteroatoms. The first kappa shape index (κ1) is 13.2. The van der Waals surface area contributed by atoms with Crippen molar-refractivity contribution in [2.45, 2.75) is 25.8 Å². The van der Waals surface area contributed by atoms with E-state index in [1.54, 1.807) is 4.90 Å². The van der Waals surface area contributed by atoms with Crippen LogP contribution in [-0.2, 0) is 11.3 Å². The largest absolute Gasteiger partial charge is 0.341 e. The van der Waals surface area contributed by atoms with E-state index >= 15 is 0 Å². The van der Waals surface area contributed by atoms with Gasteiger partial charge in [0, 0.05) is 24.5 Å². The van der Waals surface area contributed by atoms with Gasteiger partial charge in [-0.15, -0.1) is 0 Å². The topological polar surface area (TPSA) is 20.3 Å². The van der Waals surface area contributed by atoms with Crippen molar-refractivity contribution in [1.29, 1.82) is 0 Å². The van der Waals surface area contributed by atoms with Gasteiger partial charge in [0.05, 0.1) is 0 Å². The maximum Gasteiger partial charge on any atom is 0.226 e. The van der Waals surface area contributed by atoms with Crippen LogP contribution in [0.5, 0.6) is 0 Å². The van der Waals surface area contributed by atoms with Crippen molar-refractivity contribution >= 4 is 17.5 Å². The first-order valence-electron chi connectivity index (χ1n) is 6.32. The maximum absolute atomic E-state index is 12.3. The molecular formula is C15H18ClNO. The van der Waals surface area contributed by atoms with Crippen LogP contribution in [0.2, 0.25) is 5.02 Å². The van der Waals surface area contributed by atoms with Gasteiger partial charge in [-0.05, 0) is 30.9 Å². The van der Waals surface area contributed by atoms with E-state index in [2.05, 4.69) is 12.2 Å². The average molecular weight is 264 g/mol. The molecule has 18 heavy (non-hydrogen) atoms. The number of hydrogen-bond acceptors (Lipinski definition) is 1. The lowest BCUT2D eigenvalue weighted by Gasteiger charge is -2.24. The predicted molar refractivity (Wildman–Crippen MR) is 74.4 cm³/mol. The standard InChI is InChI=1S/C15H18ClNO/c1-17(11-13-9-5-6-10-14(13)16)15(18)12-7-3-2-4-8-12/h2-3,5-6,9-10,12H,4,7-8,11H2,1H3. The van der Waals surface area contributed by atoms with Crippen LogP contribution < -0.4 is 0 Å². The number of carbonyl (C=O) groups excluding carboxylic acids is 1. The van der Waals surface area contributed by atoms with Gasteiger partial charge in [-0.25, -0.2) is 0 Å². The lowest BCUT2D eigenvalue weighted by molar-refractivity contribution is -0.135. The van der Waals surface area contributed by atoms with Crippen LogP contribution in [0.1, 0.15) is 24.8 Å². The Morgan fingerprint density at radius 2 is 2.17 bits per heavy atom. The zero-order valence-electron chi connectivity index (χ0n) is 10.6. The third-order valence-electron chi connectivity index (χ3n) is 3.36. The minimum Gasteiger partial charge on any atom is -0.341 e. The second-order valence-corrected chi connectivity index (χ2v) is 5.17. The van der Waals surface area contributed by atoms with Crippen molar-refractivity contribution in [2.24, 2.45) is 5.92 Å². The summed E-state index contributed by atoms with van der Waals surface area (Å²) < 4.78 is 0. The summed E-state index contributed by atoms with van der Waals surface area (Å²) in [5.41, 5.74) is 1.00. The third-order valence-corrected chi connectivity index (χ3v) is 3.73. The van der Waals surface area contributed by atoms with E-state index in [0.717, 1.165) is 29.8 Å². The van der Waals surface area contributed by atoms with Crippen LogP contribution in [0.15, 0.2) is 36.4 Å². The SMILES string of the molecule is CN(Cc1ccccc1Cl)C(=O)C1CC=CCC1. The van der Waals surface area contributed by atoms with Crippen molar-refractivity contribution in [3.63, 3.8) is 0 Å². The smallest absolute Gasteiger partial charge is 0.226 e. The number of amides is 1. The highest BCUT2D eigenvalue weighted by molar-refractivity contribution is 6.31. The molecule has 96 valence electrons. The molecule has 0 N–H and O–H groups in total. The predicted octanol–water partition coefficient (Wildman–Crippen LogP) is 3.65. The average Bonchev–Trinajstić information content (AvgIpc) is 2.41. The van der Waals surface area contributed by atoms with Crippen molar-refractivity contribution in [1.82, 2.24) is 4.90 Å². The molecule has 0 radical (unpaired) electrons. The lowest BCUT2D eigenvalue weighted by Crippen LogP contribution is -2.33. The van der Waals surface area contributed by atoms with Gasteiger partial charge in [0.15, 0.2) is 0 Å². The molecular weight excluding hydrogens is 246 g/mol. The fraction of sp³-hybridized carbons (Fsp3) is 0.400. The van der Waals surface area contributed by atoms with Crippen LogP contribution in [0.3, 0.4) is 0 Å². The summed E-state index contributed by atoms with van der Waals surface area (Å²) in [7, 11) is 1.85. The van der Waals surface area contributed by atoms with Crippen LogP contribution in [-0.4, -0.2) is 17.9 Å². The second kappa shape index (κ2) is 6.05. The number of carbonyl (C=O) groups is 1. The molecule has 1 aliphatic rings. The molecule has 1 atom stereocenters. The van der Waals surface area contributed by atoms with Crippen LogP contribution >= 0.6 is 11.6 Å². The molecule has 1 aromatic rings. The van der Waals surface area contributed by atoms with Gasteiger partial charge in [-0.2, -0.15) is 0 Å². The molecule has 1 amide bonds. The Labute approximate surface area is 113 Å². The van der Waals surface area contributed by atoms with E-state index in [1.807, 2.05) is 31.3 Å². The summed E-state index contributed by atoms with van der Waals surface area (Å²) in [5, 5.41) is 0.723. The van der Waals surface area contributed by atoms with Crippen LogP contribution in [0.4, 0.5) is 0 Å². The number of nitrogens with zero attached hydrogens (tertiary/aromatic N) is 1. The molecule has 0 fully saturated rings. The highest BCUT2D eigenvalue weighted by Crippen LogP contribution is 2.22. The van der Waals surface area contributed by atoms with Gasteiger partial charge in [-0.3, -0.25) is 4.79 Å². The van der Waals surface area contributed by atoms with Crippen molar-refractivity contribution in [3.05, 3.63) is 47.0 Å². The van der Waals surface area contributed by atoms with Gasteiger partial charge >= 0.3 is 0 Å². The highest BCUT2D eigenvalue weighted by Gasteiger charge is 2.22. The van der Waals surface area contributed by atoms with Gasteiger partial charge in [0.25, 0.3) is 0 Å². The molecule has 1 aromatic carbocycles. The number of rotatable bonds is 3. The summed E-state index contributed by atoms with van der Waals surface area (Å²) in [5.74, 6) is 0.363. The molecule has 0 aromatic heterocycles. The molecule has 2 rings (SSSR count). The van der Waals surface area contributed by atoms with Crippen LogP contribution in [0.25, 0.3) is 0 Å². The molecule has 1 unspecified atom stereocenters. The zero-order chi connectivity index (χ0) is 13.0. The Bertz CT molecular complexity index is 456. The van der Waals surface area contributed by atoms with Crippen LogP contribution in [0, 0.1) is 5.92 Å². The van der Waals surface area contributed by atoms with E-state index in [0.29, 0.717) is 6.54 Å². The Balaban J connectivity index is 1.99. The molecule has 0 bridgehead atoms. The fourth-order valence-electron chi connectivity index (χ4n) is 2.29. The van der Waals surface area contributed by atoms with E-state index in [9.17, 15) is 4.79 Å². The fourth-order valence-corrected chi connectivity index (χ4v) is 2.49. The summed E-state index contributed by atoms with van der Waals surface area (Å²) in [6, 6.07) is 7.67. The monoisotopic (exact) mass is 263 g/mol. The van der Waals surface area contributed by atoms with Crippen molar-refractivity contribution in [2.75, 3.05) is 7.05 Å². The first-order chi connectivity index (χ1) is 8.68. The molecule has 0 heterocycles. The Hall–Kier alpha value is -1.28. The minimum atomic E-state index is 0.141. The number of halogens is 1. The molecule has 0 saturated heterocycles. The maximum atomic E-state index is 12.3. The summed E-state index contributed by atoms with van der Waals surface area (Å²) in [6.45, 7) is 0.582. The quantitative estimate of drug-likeness (QED) is 0.763. The Kier molecular flexibility index (Phi) is 4.43. The minimum absolute atomic E-state index is 0.141. The summed E-state index contributed by atoms with van der Waals surface area (Å²) in [4.78, 5) is 14.0. The Morgan fingerprint density at radius 3 is 2.83 bits per heavy atom. The highest BCUT2D eigenvalue weighted by atomic mass is 35.5. The summed E-state index contributed by atoms with van der Waals surface area (Å²) in [6.07, 6.45) is 7.09. The second-order valence-electron chi connectivity index (χ2n) is 4.77. The van der Waals surface area contributed by atoms with Crippen molar-refractivity contribution < 1.29 is 4.79 Å². The number of benzene rings is 1. The van der Waals surface area contributed by atoms with E-state index in [1.165, 1.54) is 0 Å². The lowest BCUT2D eigenvalue weighted by atomic mass is 9.93. The van der Waals surface area contributed by atoms with Gasteiger partial charge < -0.3 is 4.90 Å². The summed E-state index contributed by atoms with van der Waals surface area (Å²) >= 11 is 6.11. The van der Waals surface area contributed by atoms with Gasteiger partial charge in [0.2, 0.25) is 5.91 Å². The van der Waals surface area contributed by atoms with E-state index < -0.39 is 0 Å². The van der Waals surface area contributed by atoms with Gasteiger partial charge in [0.1, 0.15) is 0 Å². The zero-order valence-corrected chi connectivity index (χ0v) is 11.4. The van der Waals surface area contributed by atoms with Crippen molar-refractivity contribution in [3.8, 4) is 0 Å². The number of allylic oxidation sites excluding steroid dienone is 2.